The van der Waals surface area contributed by atoms with Gasteiger partial charge in [0.05, 0.1) is 11.8 Å². The van der Waals surface area contributed by atoms with Gasteiger partial charge in [-0.05, 0) is 19.3 Å². The van der Waals surface area contributed by atoms with Crippen LogP contribution in [0.2, 0.25) is 0 Å². The van der Waals surface area contributed by atoms with Crippen molar-refractivity contribution < 1.29 is 14.4 Å². The van der Waals surface area contributed by atoms with Crippen LogP contribution >= 0.6 is 0 Å². The number of hydrogen-bond donors (Lipinski definition) is 0. The van der Waals surface area contributed by atoms with Gasteiger partial charge in [0.15, 0.2) is 0 Å². The fraction of sp³-hybridized carbons (Fsp3) is 0.727. The van der Waals surface area contributed by atoms with E-state index in [0.717, 1.165) is 6.42 Å². The van der Waals surface area contributed by atoms with Gasteiger partial charge in [-0.25, -0.2) is 0 Å². The van der Waals surface area contributed by atoms with E-state index < -0.39 is 0 Å². The number of hydrogen-bond acceptors (Lipinski definition) is 3. The number of carbonyl (C=O) groups is 3. The SMILES string of the molecule is CCN1C(=O)C2C3CC(=O)C(C3)C2C1=O. The second-order valence-corrected chi connectivity index (χ2v) is 4.75. The van der Waals surface area contributed by atoms with E-state index in [4.69, 9.17) is 0 Å². The van der Waals surface area contributed by atoms with Gasteiger partial charge in [0.25, 0.3) is 0 Å². The van der Waals surface area contributed by atoms with Crippen LogP contribution in [0.15, 0.2) is 0 Å². The zero-order valence-corrected chi connectivity index (χ0v) is 8.60. The molecule has 0 N–H and O–H groups in total. The normalized spacial score (nSPS) is 43.0. The van der Waals surface area contributed by atoms with Gasteiger partial charge in [0, 0.05) is 18.9 Å². The van der Waals surface area contributed by atoms with E-state index in [0.29, 0.717) is 13.0 Å². The van der Waals surface area contributed by atoms with Crippen LogP contribution in [-0.2, 0) is 14.4 Å². The van der Waals surface area contributed by atoms with Gasteiger partial charge in [-0.15, -0.1) is 0 Å². The van der Waals surface area contributed by atoms with E-state index in [1.807, 2.05) is 0 Å². The number of Topliss-reactive ketones (excluding diaryl/α,β-unsaturated/α-hetero) is 1. The second kappa shape index (κ2) is 2.68. The third kappa shape index (κ3) is 0.899. The van der Waals surface area contributed by atoms with Crippen molar-refractivity contribution in [2.45, 2.75) is 19.8 Å². The number of imide groups is 1. The molecule has 0 aromatic heterocycles. The monoisotopic (exact) mass is 207 g/mol. The van der Waals surface area contributed by atoms with Crippen molar-refractivity contribution in [3.8, 4) is 0 Å². The molecule has 0 aromatic rings. The number of likely N-dealkylation sites (tertiary alicyclic amines) is 1. The fourth-order valence-corrected chi connectivity index (χ4v) is 3.58. The first-order valence-electron chi connectivity index (χ1n) is 5.53. The summed E-state index contributed by atoms with van der Waals surface area (Å²) in [4.78, 5) is 36.7. The molecule has 80 valence electrons. The Morgan fingerprint density at radius 1 is 1.20 bits per heavy atom. The molecule has 0 aromatic carbocycles. The quantitative estimate of drug-likeness (QED) is 0.578. The van der Waals surface area contributed by atoms with Crippen LogP contribution in [-0.4, -0.2) is 29.0 Å². The largest absolute Gasteiger partial charge is 0.299 e. The van der Waals surface area contributed by atoms with Crippen LogP contribution in [0.25, 0.3) is 0 Å². The summed E-state index contributed by atoms with van der Waals surface area (Å²) in [6.45, 7) is 2.25. The summed E-state index contributed by atoms with van der Waals surface area (Å²) in [5.41, 5.74) is 0. The van der Waals surface area contributed by atoms with Gasteiger partial charge in [-0.1, -0.05) is 0 Å². The second-order valence-electron chi connectivity index (χ2n) is 4.75. The van der Waals surface area contributed by atoms with Crippen molar-refractivity contribution in [2.75, 3.05) is 6.54 Å². The molecule has 3 aliphatic rings. The van der Waals surface area contributed by atoms with Gasteiger partial charge in [0.2, 0.25) is 11.8 Å². The number of ketones is 1. The minimum Gasteiger partial charge on any atom is -0.299 e. The van der Waals surface area contributed by atoms with Gasteiger partial charge in [-0.2, -0.15) is 0 Å². The highest BCUT2D eigenvalue weighted by molar-refractivity contribution is 6.09. The smallest absolute Gasteiger partial charge is 0.233 e. The Morgan fingerprint density at radius 3 is 2.53 bits per heavy atom. The summed E-state index contributed by atoms with van der Waals surface area (Å²) in [5.74, 6) is -0.404. The Morgan fingerprint density at radius 2 is 1.87 bits per heavy atom. The molecule has 15 heavy (non-hydrogen) atoms. The number of carbonyl (C=O) groups excluding carboxylic acids is 3. The van der Waals surface area contributed by atoms with Crippen LogP contribution in [0.3, 0.4) is 0 Å². The number of rotatable bonds is 1. The molecule has 3 rings (SSSR count). The summed E-state index contributed by atoms with van der Waals surface area (Å²) in [6.07, 6.45) is 1.28. The molecular weight excluding hydrogens is 194 g/mol. The summed E-state index contributed by atoms with van der Waals surface area (Å²) in [6, 6.07) is 0. The minimum absolute atomic E-state index is 0.0347. The lowest BCUT2D eigenvalue weighted by atomic mass is 9.80. The molecule has 1 heterocycles. The molecule has 3 fully saturated rings. The summed E-state index contributed by atoms with van der Waals surface area (Å²) >= 11 is 0. The molecule has 2 saturated carbocycles. The topological polar surface area (TPSA) is 54.5 Å². The van der Waals surface area contributed by atoms with Gasteiger partial charge < -0.3 is 0 Å². The molecule has 1 saturated heterocycles. The third-order valence-electron chi connectivity index (χ3n) is 4.18. The first kappa shape index (κ1) is 9.07. The van der Waals surface area contributed by atoms with E-state index in [-0.39, 0.29) is 41.3 Å². The zero-order valence-electron chi connectivity index (χ0n) is 8.60. The lowest BCUT2D eigenvalue weighted by Crippen LogP contribution is -2.32. The number of amides is 2. The van der Waals surface area contributed by atoms with Gasteiger partial charge in [0.1, 0.15) is 5.78 Å². The predicted octanol–water partition coefficient (Wildman–Crippen LogP) is 0.216. The van der Waals surface area contributed by atoms with E-state index in [1.165, 1.54) is 4.90 Å². The third-order valence-corrected chi connectivity index (χ3v) is 4.18. The summed E-state index contributed by atoms with van der Waals surface area (Å²) < 4.78 is 0. The van der Waals surface area contributed by atoms with E-state index >= 15 is 0 Å². The van der Waals surface area contributed by atoms with Gasteiger partial charge in [-0.3, -0.25) is 19.3 Å². The summed E-state index contributed by atoms with van der Waals surface area (Å²) in [7, 11) is 0. The van der Waals surface area contributed by atoms with Crippen molar-refractivity contribution in [1.82, 2.24) is 4.90 Å². The molecule has 1 aliphatic heterocycles. The first-order chi connectivity index (χ1) is 7.15. The van der Waals surface area contributed by atoms with E-state index in [1.54, 1.807) is 6.92 Å². The maximum absolute atomic E-state index is 11.9. The molecule has 2 amide bonds. The molecule has 2 aliphatic carbocycles. The molecule has 4 atom stereocenters. The van der Waals surface area contributed by atoms with Crippen molar-refractivity contribution >= 4 is 17.6 Å². The Labute approximate surface area is 87.6 Å². The average Bonchev–Trinajstić information content (AvgIpc) is 2.79. The predicted molar refractivity (Wildman–Crippen MR) is 50.6 cm³/mol. The van der Waals surface area contributed by atoms with Crippen LogP contribution in [0.5, 0.6) is 0 Å². The van der Waals surface area contributed by atoms with E-state index in [2.05, 4.69) is 0 Å². The fourth-order valence-electron chi connectivity index (χ4n) is 3.58. The number of nitrogens with zero attached hydrogens (tertiary/aromatic N) is 1. The lowest BCUT2D eigenvalue weighted by molar-refractivity contribution is -0.141. The van der Waals surface area contributed by atoms with Crippen molar-refractivity contribution in [2.24, 2.45) is 23.7 Å². The van der Waals surface area contributed by atoms with Crippen molar-refractivity contribution in [3.63, 3.8) is 0 Å². The van der Waals surface area contributed by atoms with Crippen LogP contribution in [0.4, 0.5) is 0 Å². The summed E-state index contributed by atoms with van der Waals surface area (Å²) in [5, 5.41) is 0. The highest BCUT2D eigenvalue weighted by Crippen LogP contribution is 2.54. The number of fused-ring (bicyclic) bond motifs is 5. The minimum atomic E-state index is -0.302. The molecule has 0 radical (unpaired) electrons. The maximum atomic E-state index is 11.9. The maximum Gasteiger partial charge on any atom is 0.233 e. The van der Waals surface area contributed by atoms with Crippen molar-refractivity contribution in [1.29, 1.82) is 0 Å². The first-order valence-corrected chi connectivity index (χ1v) is 5.53. The van der Waals surface area contributed by atoms with Crippen LogP contribution in [0, 0.1) is 23.7 Å². The molecule has 4 unspecified atom stereocenters. The van der Waals surface area contributed by atoms with Crippen LogP contribution in [0.1, 0.15) is 19.8 Å². The highest BCUT2D eigenvalue weighted by Gasteiger charge is 2.63. The zero-order chi connectivity index (χ0) is 10.7. The molecule has 2 bridgehead atoms. The Kier molecular flexibility index (Phi) is 1.62. The van der Waals surface area contributed by atoms with Crippen molar-refractivity contribution in [3.05, 3.63) is 0 Å². The Balaban J connectivity index is 2.01. The average molecular weight is 207 g/mol. The molecule has 4 heteroatoms. The molecular formula is C11H13NO3. The molecule has 4 nitrogen and oxygen atoms in total. The standard InChI is InChI=1S/C11H13NO3/c1-2-12-10(14)8-5-3-6(7(13)4-5)9(8)11(12)15/h5-6,8-9H,2-4H2,1H3. The lowest BCUT2D eigenvalue weighted by Gasteiger charge is -2.18. The Bertz CT molecular complexity index is 376. The highest BCUT2D eigenvalue weighted by atomic mass is 16.2. The van der Waals surface area contributed by atoms with Crippen LogP contribution < -0.4 is 0 Å². The van der Waals surface area contributed by atoms with E-state index in [9.17, 15) is 14.4 Å². The Hall–Kier alpha value is -1.19. The molecule has 0 spiro atoms. The van der Waals surface area contributed by atoms with Gasteiger partial charge >= 0.3 is 0 Å².